The fourth-order valence-corrected chi connectivity index (χ4v) is 2.26. The molecule has 0 radical (unpaired) electrons. The summed E-state index contributed by atoms with van der Waals surface area (Å²) in [6.07, 6.45) is 0. The molecule has 0 aliphatic rings. The lowest BCUT2D eigenvalue weighted by atomic mass is 9.96. The van der Waals surface area contributed by atoms with Crippen LogP contribution < -0.4 is 15.8 Å². The van der Waals surface area contributed by atoms with Gasteiger partial charge in [-0.2, -0.15) is 0 Å². The van der Waals surface area contributed by atoms with E-state index in [1.54, 1.807) is 7.11 Å². The molecule has 0 aliphatic carbocycles. The second kappa shape index (κ2) is 6.36. The Kier molecular flexibility index (Phi) is 4.71. The molecule has 1 unspecified atom stereocenters. The number of amides is 1. The van der Waals surface area contributed by atoms with Gasteiger partial charge >= 0.3 is 0 Å². The Morgan fingerprint density at radius 1 is 1.23 bits per heavy atom. The van der Waals surface area contributed by atoms with Crippen LogP contribution in [0.1, 0.15) is 32.3 Å². The van der Waals surface area contributed by atoms with Crippen LogP contribution in [0.2, 0.25) is 0 Å². The van der Waals surface area contributed by atoms with Gasteiger partial charge in [-0.05, 0) is 49.2 Å². The van der Waals surface area contributed by atoms with Crippen molar-refractivity contribution in [3.8, 4) is 5.75 Å². The topological polar surface area (TPSA) is 64.3 Å². The highest BCUT2D eigenvalue weighted by molar-refractivity contribution is 5.88. The van der Waals surface area contributed by atoms with Gasteiger partial charge in [0.05, 0.1) is 13.0 Å². The molecule has 0 aromatic heterocycles. The number of carbonyl (C=O) groups excluding carboxylic acids is 1. The number of nitrogens with one attached hydrogen (secondary N) is 1. The quantitative estimate of drug-likeness (QED) is 0.892. The first-order valence-corrected chi connectivity index (χ1v) is 7.44. The Balaban J connectivity index is 2.17. The zero-order chi connectivity index (χ0) is 16.3. The first-order valence-electron chi connectivity index (χ1n) is 7.44. The number of nitrogens with two attached hydrogens (primary N) is 1. The average molecular weight is 300 g/mol. The fourth-order valence-electron chi connectivity index (χ4n) is 2.26. The fraction of sp³-hybridized carbons (Fsp3) is 0.389. The van der Waals surface area contributed by atoms with Gasteiger partial charge in [0.15, 0.2) is 0 Å². The molecule has 0 saturated carbocycles. The van der Waals surface area contributed by atoms with Crippen LogP contribution in [0, 0.1) is 0 Å². The average Bonchev–Trinajstić information content (AvgIpc) is 2.50. The van der Waals surface area contributed by atoms with Gasteiger partial charge in [-0.15, -0.1) is 0 Å². The Labute approximate surface area is 131 Å². The van der Waals surface area contributed by atoms with Crippen molar-refractivity contribution >= 4 is 16.7 Å². The minimum Gasteiger partial charge on any atom is -0.497 e. The van der Waals surface area contributed by atoms with Gasteiger partial charge in [-0.1, -0.05) is 24.3 Å². The van der Waals surface area contributed by atoms with Gasteiger partial charge in [0, 0.05) is 12.1 Å². The van der Waals surface area contributed by atoms with Crippen molar-refractivity contribution in [3.63, 3.8) is 0 Å². The number of fused-ring (bicyclic) bond motifs is 1. The monoisotopic (exact) mass is 300 g/mol. The second-order valence-electron chi connectivity index (χ2n) is 6.40. The number of methoxy groups -OCH3 is 1. The van der Waals surface area contributed by atoms with E-state index in [4.69, 9.17) is 10.5 Å². The first kappa shape index (κ1) is 16.3. The standard InChI is InChI=1S/C18H24N2O2/c1-12(17(21)20-11-18(2,3)19)13-5-6-15-10-16(22-4)8-7-14(15)9-13/h5-10,12H,11,19H2,1-4H3,(H,20,21). The molecule has 2 rings (SSSR count). The van der Waals surface area contributed by atoms with Crippen molar-refractivity contribution in [2.24, 2.45) is 5.73 Å². The molecule has 1 atom stereocenters. The summed E-state index contributed by atoms with van der Waals surface area (Å²) in [5.74, 6) is 0.608. The maximum Gasteiger partial charge on any atom is 0.227 e. The summed E-state index contributed by atoms with van der Waals surface area (Å²) >= 11 is 0. The molecular formula is C18H24N2O2. The van der Waals surface area contributed by atoms with Crippen molar-refractivity contribution in [1.29, 1.82) is 0 Å². The molecule has 2 aromatic rings. The van der Waals surface area contributed by atoms with E-state index in [9.17, 15) is 4.79 Å². The lowest BCUT2D eigenvalue weighted by Gasteiger charge is -2.21. The number of carbonyl (C=O) groups is 1. The molecule has 1 amide bonds. The largest absolute Gasteiger partial charge is 0.497 e. The summed E-state index contributed by atoms with van der Waals surface area (Å²) < 4.78 is 5.23. The molecular weight excluding hydrogens is 276 g/mol. The van der Waals surface area contributed by atoms with Crippen molar-refractivity contribution in [3.05, 3.63) is 42.0 Å². The van der Waals surface area contributed by atoms with Crippen LogP contribution in [-0.2, 0) is 4.79 Å². The normalized spacial score (nSPS) is 13.0. The summed E-state index contributed by atoms with van der Waals surface area (Å²) in [6, 6.07) is 12.0. The van der Waals surface area contributed by atoms with Crippen LogP contribution in [0.25, 0.3) is 10.8 Å². The molecule has 0 heterocycles. The summed E-state index contributed by atoms with van der Waals surface area (Å²) in [6.45, 7) is 6.15. The van der Waals surface area contributed by atoms with E-state index in [-0.39, 0.29) is 11.8 Å². The summed E-state index contributed by atoms with van der Waals surface area (Å²) in [5.41, 5.74) is 6.48. The molecule has 0 aliphatic heterocycles. The van der Waals surface area contributed by atoms with E-state index in [1.165, 1.54) is 0 Å². The van der Waals surface area contributed by atoms with Crippen LogP contribution in [0.15, 0.2) is 36.4 Å². The lowest BCUT2D eigenvalue weighted by molar-refractivity contribution is -0.122. The smallest absolute Gasteiger partial charge is 0.227 e. The van der Waals surface area contributed by atoms with Gasteiger partial charge < -0.3 is 15.8 Å². The molecule has 3 N–H and O–H groups in total. The van der Waals surface area contributed by atoms with E-state index in [0.29, 0.717) is 6.54 Å². The van der Waals surface area contributed by atoms with Crippen LogP contribution in [0.3, 0.4) is 0 Å². The highest BCUT2D eigenvalue weighted by Crippen LogP contribution is 2.25. The van der Waals surface area contributed by atoms with Gasteiger partial charge in [-0.25, -0.2) is 0 Å². The Hall–Kier alpha value is -2.07. The van der Waals surface area contributed by atoms with Crippen LogP contribution in [0.4, 0.5) is 0 Å². The molecule has 118 valence electrons. The number of rotatable bonds is 5. The molecule has 0 spiro atoms. The van der Waals surface area contributed by atoms with Gasteiger partial charge in [0.1, 0.15) is 5.75 Å². The molecule has 0 saturated heterocycles. The van der Waals surface area contributed by atoms with Crippen molar-refractivity contribution in [1.82, 2.24) is 5.32 Å². The lowest BCUT2D eigenvalue weighted by Crippen LogP contribution is -2.46. The Bertz CT molecular complexity index is 674. The predicted molar refractivity (Wildman–Crippen MR) is 90.2 cm³/mol. The summed E-state index contributed by atoms with van der Waals surface area (Å²) in [5, 5.41) is 5.09. The van der Waals surface area contributed by atoms with E-state index in [2.05, 4.69) is 5.32 Å². The van der Waals surface area contributed by atoms with Crippen molar-refractivity contribution in [2.45, 2.75) is 32.2 Å². The molecule has 2 aromatic carbocycles. The van der Waals surface area contributed by atoms with Gasteiger partial charge in [-0.3, -0.25) is 4.79 Å². The SMILES string of the molecule is COc1ccc2cc(C(C)C(=O)NCC(C)(C)N)ccc2c1. The van der Waals surface area contributed by atoms with Crippen LogP contribution in [0.5, 0.6) is 5.75 Å². The Morgan fingerprint density at radius 2 is 1.86 bits per heavy atom. The van der Waals surface area contributed by atoms with E-state index in [1.807, 2.05) is 57.2 Å². The zero-order valence-corrected chi connectivity index (χ0v) is 13.6. The summed E-state index contributed by atoms with van der Waals surface area (Å²) in [4.78, 5) is 12.2. The van der Waals surface area contributed by atoms with Gasteiger partial charge in [0.25, 0.3) is 0 Å². The third-order valence-electron chi connectivity index (χ3n) is 3.68. The first-order chi connectivity index (χ1) is 10.3. The van der Waals surface area contributed by atoms with Crippen molar-refractivity contribution < 1.29 is 9.53 Å². The van der Waals surface area contributed by atoms with Crippen LogP contribution in [-0.4, -0.2) is 25.1 Å². The minimum absolute atomic E-state index is 0.00798. The Morgan fingerprint density at radius 3 is 2.50 bits per heavy atom. The van der Waals surface area contributed by atoms with E-state index >= 15 is 0 Å². The van der Waals surface area contributed by atoms with E-state index in [0.717, 1.165) is 22.1 Å². The molecule has 22 heavy (non-hydrogen) atoms. The molecule has 4 nitrogen and oxygen atoms in total. The summed E-state index contributed by atoms with van der Waals surface area (Å²) in [7, 11) is 1.65. The maximum absolute atomic E-state index is 12.2. The van der Waals surface area contributed by atoms with Crippen molar-refractivity contribution in [2.75, 3.05) is 13.7 Å². The molecule has 4 heteroatoms. The van der Waals surface area contributed by atoms with Gasteiger partial charge in [0.2, 0.25) is 5.91 Å². The number of benzene rings is 2. The van der Waals surface area contributed by atoms with E-state index < -0.39 is 5.54 Å². The van der Waals surface area contributed by atoms with Crippen LogP contribution >= 0.6 is 0 Å². The highest BCUT2D eigenvalue weighted by atomic mass is 16.5. The number of hydrogen-bond donors (Lipinski definition) is 2. The molecule has 0 bridgehead atoms. The highest BCUT2D eigenvalue weighted by Gasteiger charge is 2.18. The predicted octanol–water partition coefficient (Wildman–Crippen LogP) is 2.81. The third kappa shape index (κ3) is 3.98. The zero-order valence-electron chi connectivity index (χ0n) is 13.6. The number of hydrogen-bond acceptors (Lipinski definition) is 3. The third-order valence-corrected chi connectivity index (χ3v) is 3.68. The number of ether oxygens (including phenoxy) is 1. The molecule has 0 fully saturated rings. The second-order valence-corrected chi connectivity index (χ2v) is 6.40. The maximum atomic E-state index is 12.2. The minimum atomic E-state index is -0.407.